The molecule has 1 aromatic carbocycles. The zero-order valence-electron chi connectivity index (χ0n) is 17.3. The molecule has 2 heterocycles. The van der Waals surface area contributed by atoms with Gasteiger partial charge in [0.15, 0.2) is 0 Å². The zero-order chi connectivity index (χ0) is 21.1. The molecule has 0 bridgehead atoms. The second-order valence-corrected chi connectivity index (χ2v) is 7.78. The Hall–Kier alpha value is -3.29. The van der Waals surface area contributed by atoms with Crippen LogP contribution in [0.1, 0.15) is 59.4 Å². The Morgan fingerprint density at radius 3 is 2.73 bits per heavy atom. The average Bonchev–Trinajstić information content (AvgIpc) is 3.40. The van der Waals surface area contributed by atoms with Crippen molar-refractivity contribution in [1.29, 1.82) is 0 Å². The lowest BCUT2D eigenvalue weighted by molar-refractivity contribution is -0.116. The van der Waals surface area contributed by atoms with Crippen LogP contribution in [0.15, 0.2) is 30.6 Å². The summed E-state index contributed by atoms with van der Waals surface area (Å²) in [5.74, 6) is 0.277. The molecule has 1 aliphatic rings. The highest BCUT2D eigenvalue weighted by Crippen LogP contribution is 2.21. The van der Waals surface area contributed by atoms with E-state index < -0.39 is 0 Å². The molecule has 0 atom stereocenters. The van der Waals surface area contributed by atoms with E-state index >= 15 is 0 Å². The number of nitrogens with one attached hydrogen (secondary N) is 2. The van der Waals surface area contributed by atoms with Gasteiger partial charge in [-0.15, -0.1) is 0 Å². The number of hydrogen-bond donors (Lipinski definition) is 2. The van der Waals surface area contributed by atoms with Crippen LogP contribution in [0, 0.1) is 13.8 Å². The lowest BCUT2D eigenvalue weighted by Crippen LogP contribution is -2.33. The van der Waals surface area contributed by atoms with Gasteiger partial charge in [-0.3, -0.25) is 9.59 Å². The third-order valence-electron chi connectivity index (χ3n) is 5.73. The Kier molecular flexibility index (Phi) is 5.74. The minimum Gasteiger partial charge on any atom is -0.349 e. The summed E-state index contributed by atoms with van der Waals surface area (Å²) < 4.78 is 1.68. The van der Waals surface area contributed by atoms with Crippen molar-refractivity contribution in [2.24, 2.45) is 0 Å². The first-order valence-corrected chi connectivity index (χ1v) is 10.4. The smallest absolute Gasteiger partial charge is 0.253 e. The lowest BCUT2D eigenvalue weighted by Gasteiger charge is -2.15. The van der Waals surface area contributed by atoms with Crippen LogP contribution in [-0.2, 0) is 11.2 Å². The third-order valence-corrected chi connectivity index (χ3v) is 5.73. The summed E-state index contributed by atoms with van der Waals surface area (Å²) in [6.07, 6.45) is 6.62. The Bertz CT molecular complexity index is 1080. The highest BCUT2D eigenvalue weighted by atomic mass is 16.2. The number of nitrogens with zero attached hydrogens (tertiary/aromatic N) is 4. The number of hydrogen-bond acceptors (Lipinski definition) is 5. The monoisotopic (exact) mass is 406 g/mol. The van der Waals surface area contributed by atoms with E-state index in [1.807, 2.05) is 26.0 Å². The highest BCUT2D eigenvalue weighted by Gasteiger charge is 2.20. The Balaban J connectivity index is 1.43. The van der Waals surface area contributed by atoms with Gasteiger partial charge in [-0.25, -0.2) is 9.50 Å². The van der Waals surface area contributed by atoms with Gasteiger partial charge in [0.2, 0.25) is 5.91 Å². The Labute approximate surface area is 175 Å². The number of aromatic nitrogens is 4. The molecule has 2 amide bonds. The van der Waals surface area contributed by atoms with Crippen molar-refractivity contribution in [2.45, 2.75) is 58.4 Å². The summed E-state index contributed by atoms with van der Waals surface area (Å²) in [7, 11) is 0. The second kappa shape index (κ2) is 8.61. The van der Waals surface area contributed by atoms with E-state index in [0.29, 0.717) is 23.4 Å². The van der Waals surface area contributed by atoms with E-state index in [1.165, 1.54) is 6.33 Å². The topological polar surface area (TPSA) is 101 Å². The number of aryl methyl sites for hydroxylation is 2. The molecule has 0 radical (unpaired) electrons. The molecular formula is C22H26N6O2. The summed E-state index contributed by atoms with van der Waals surface area (Å²) in [4.78, 5) is 33.9. The number of rotatable bonds is 6. The Morgan fingerprint density at radius 2 is 1.93 bits per heavy atom. The first kappa shape index (κ1) is 20.0. The summed E-state index contributed by atoms with van der Waals surface area (Å²) in [6, 6.07) is 7.37. The second-order valence-electron chi connectivity index (χ2n) is 7.78. The van der Waals surface area contributed by atoms with Crippen LogP contribution in [0.25, 0.3) is 5.78 Å². The number of amides is 2. The molecule has 4 rings (SSSR count). The summed E-state index contributed by atoms with van der Waals surface area (Å²) in [6.45, 7) is 3.86. The maximum atomic E-state index is 12.7. The first-order chi connectivity index (χ1) is 14.5. The number of anilines is 1. The molecule has 30 heavy (non-hydrogen) atoms. The van der Waals surface area contributed by atoms with E-state index in [2.05, 4.69) is 25.7 Å². The normalized spacial score (nSPS) is 14.2. The number of carbonyl (C=O) groups excluding carboxylic acids is 2. The van der Waals surface area contributed by atoms with E-state index in [4.69, 9.17) is 0 Å². The largest absolute Gasteiger partial charge is 0.349 e. The number of benzene rings is 1. The van der Waals surface area contributed by atoms with Crippen LogP contribution in [0.5, 0.6) is 0 Å². The van der Waals surface area contributed by atoms with Gasteiger partial charge in [-0.05, 0) is 50.8 Å². The zero-order valence-corrected chi connectivity index (χ0v) is 17.3. The molecule has 1 saturated carbocycles. The van der Waals surface area contributed by atoms with Gasteiger partial charge in [0.25, 0.3) is 11.7 Å². The SMILES string of the molecule is Cc1nc2ncnn2c(C)c1CCC(=O)Nc1ccccc1C(=O)NC1CCCC1. The molecule has 8 heteroatoms. The van der Waals surface area contributed by atoms with Crippen molar-refractivity contribution in [2.75, 3.05) is 5.32 Å². The molecular weight excluding hydrogens is 380 g/mol. The van der Waals surface area contributed by atoms with Crippen LogP contribution in [-0.4, -0.2) is 37.4 Å². The maximum absolute atomic E-state index is 12.7. The fourth-order valence-electron chi connectivity index (χ4n) is 4.09. The van der Waals surface area contributed by atoms with Gasteiger partial charge in [0.1, 0.15) is 6.33 Å². The van der Waals surface area contributed by atoms with Crippen LogP contribution < -0.4 is 10.6 Å². The number of carbonyl (C=O) groups is 2. The first-order valence-electron chi connectivity index (χ1n) is 10.4. The van der Waals surface area contributed by atoms with Gasteiger partial charge in [0, 0.05) is 23.9 Å². The molecule has 8 nitrogen and oxygen atoms in total. The van der Waals surface area contributed by atoms with Gasteiger partial charge < -0.3 is 10.6 Å². The maximum Gasteiger partial charge on any atom is 0.253 e. The summed E-state index contributed by atoms with van der Waals surface area (Å²) >= 11 is 0. The van der Waals surface area contributed by atoms with Gasteiger partial charge >= 0.3 is 0 Å². The summed E-state index contributed by atoms with van der Waals surface area (Å²) in [5.41, 5.74) is 3.79. The molecule has 0 unspecified atom stereocenters. The molecule has 3 aromatic rings. The predicted molar refractivity (Wildman–Crippen MR) is 113 cm³/mol. The fourth-order valence-corrected chi connectivity index (χ4v) is 4.09. The molecule has 156 valence electrons. The van der Waals surface area contributed by atoms with Crippen LogP contribution in [0.4, 0.5) is 5.69 Å². The van der Waals surface area contributed by atoms with Crippen LogP contribution >= 0.6 is 0 Å². The fraction of sp³-hybridized carbons (Fsp3) is 0.409. The average molecular weight is 406 g/mol. The molecule has 2 aromatic heterocycles. The van der Waals surface area contributed by atoms with Crippen molar-refractivity contribution in [3.63, 3.8) is 0 Å². The minimum absolute atomic E-state index is 0.134. The van der Waals surface area contributed by atoms with E-state index in [0.717, 1.165) is 42.6 Å². The molecule has 0 saturated heterocycles. The quantitative estimate of drug-likeness (QED) is 0.655. The van der Waals surface area contributed by atoms with Crippen molar-refractivity contribution < 1.29 is 9.59 Å². The number of fused-ring (bicyclic) bond motifs is 1. The molecule has 0 spiro atoms. The molecule has 1 aliphatic carbocycles. The van der Waals surface area contributed by atoms with Crippen LogP contribution in [0.2, 0.25) is 0 Å². The van der Waals surface area contributed by atoms with Gasteiger partial charge in [-0.2, -0.15) is 10.1 Å². The number of para-hydroxylation sites is 1. The highest BCUT2D eigenvalue weighted by molar-refractivity contribution is 6.03. The summed E-state index contributed by atoms with van der Waals surface area (Å²) in [5, 5.41) is 10.2. The lowest BCUT2D eigenvalue weighted by atomic mass is 10.1. The van der Waals surface area contributed by atoms with Crippen LogP contribution in [0.3, 0.4) is 0 Å². The van der Waals surface area contributed by atoms with E-state index in [1.54, 1.807) is 16.6 Å². The standard InChI is InChI=1S/C22H26N6O2/c1-14-17(15(2)28-22(25-14)23-13-24-28)11-12-20(29)27-19-10-6-5-9-18(19)21(30)26-16-7-3-4-8-16/h5-6,9-10,13,16H,3-4,7-8,11-12H2,1-2H3,(H,26,30)(H,27,29). The predicted octanol–water partition coefficient (Wildman–Crippen LogP) is 2.98. The van der Waals surface area contributed by atoms with Crippen molar-refractivity contribution in [3.8, 4) is 0 Å². The molecule has 2 N–H and O–H groups in total. The Morgan fingerprint density at radius 1 is 1.17 bits per heavy atom. The van der Waals surface area contributed by atoms with E-state index in [9.17, 15) is 9.59 Å². The van der Waals surface area contributed by atoms with Gasteiger partial charge in [-0.1, -0.05) is 25.0 Å². The molecule has 0 aliphatic heterocycles. The molecule has 1 fully saturated rings. The third kappa shape index (κ3) is 4.17. The van der Waals surface area contributed by atoms with Crippen molar-refractivity contribution >= 4 is 23.3 Å². The van der Waals surface area contributed by atoms with Crippen molar-refractivity contribution in [3.05, 3.63) is 53.1 Å². The van der Waals surface area contributed by atoms with Crippen molar-refractivity contribution in [1.82, 2.24) is 24.9 Å². The minimum atomic E-state index is -0.145. The van der Waals surface area contributed by atoms with Gasteiger partial charge in [0.05, 0.1) is 11.3 Å². The van der Waals surface area contributed by atoms with E-state index in [-0.39, 0.29) is 24.3 Å².